The Kier molecular flexibility index (Phi) is 5.46. The first-order valence-corrected chi connectivity index (χ1v) is 8.38. The second-order valence-electron chi connectivity index (χ2n) is 6.15. The van der Waals surface area contributed by atoms with E-state index in [9.17, 15) is 18.0 Å². The molecular weight excluding hydrogens is 345 g/mol. The van der Waals surface area contributed by atoms with Gasteiger partial charge in [-0.25, -0.2) is 0 Å². The lowest BCUT2D eigenvalue weighted by Gasteiger charge is -2.23. The molecule has 0 aromatic heterocycles. The van der Waals surface area contributed by atoms with Gasteiger partial charge in [0, 0.05) is 11.6 Å². The van der Waals surface area contributed by atoms with Crippen LogP contribution in [0.5, 0.6) is 11.5 Å². The minimum Gasteiger partial charge on any atom is -0.457 e. The van der Waals surface area contributed by atoms with Crippen molar-refractivity contribution < 1.29 is 22.7 Å². The second kappa shape index (κ2) is 7.78. The van der Waals surface area contributed by atoms with Crippen molar-refractivity contribution in [2.45, 2.75) is 25.1 Å². The van der Waals surface area contributed by atoms with Crippen molar-refractivity contribution in [2.24, 2.45) is 0 Å². The summed E-state index contributed by atoms with van der Waals surface area (Å²) in [7, 11) is 0. The van der Waals surface area contributed by atoms with Gasteiger partial charge in [-0.15, -0.1) is 0 Å². The number of benzene rings is 2. The summed E-state index contributed by atoms with van der Waals surface area (Å²) in [5, 5.41) is 6.20. The van der Waals surface area contributed by atoms with Crippen molar-refractivity contribution in [2.75, 3.05) is 13.1 Å². The molecule has 0 radical (unpaired) electrons. The van der Waals surface area contributed by atoms with Crippen LogP contribution in [0.4, 0.5) is 13.2 Å². The van der Waals surface area contributed by atoms with Crippen LogP contribution in [0, 0.1) is 0 Å². The van der Waals surface area contributed by atoms with Crippen LogP contribution in [0.1, 0.15) is 28.8 Å². The third-order valence-corrected chi connectivity index (χ3v) is 4.17. The predicted molar refractivity (Wildman–Crippen MR) is 91.3 cm³/mol. The topological polar surface area (TPSA) is 50.4 Å². The molecule has 2 aromatic carbocycles. The predicted octanol–water partition coefficient (Wildman–Crippen LogP) is 3.98. The van der Waals surface area contributed by atoms with Crippen LogP contribution in [0.2, 0.25) is 0 Å². The maximum Gasteiger partial charge on any atom is 0.416 e. The van der Waals surface area contributed by atoms with Crippen molar-refractivity contribution in [3.8, 4) is 11.5 Å². The highest BCUT2D eigenvalue weighted by Crippen LogP contribution is 2.32. The summed E-state index contributed by atoms with van der Waals surface area (Å²) < 4.78 is 43.9. The SMILES string of the molecule is O=C(NC1CCNCC1)c1cccc(Oc2cccc(C(F)(F)F)c2)c1. The lowest BCUT2D eigenvalue weighted by atomic mass is 10.1. The molecule has 0 atom stereocenters. The molecule has 1 heterocycles. The van der Waals surface area contributed by atoms with Crippen LogP contribution in [0.15, 0.2) is 48.5 Å². The molecule has 1 fully saturated rings. The van der Waals surface area contributed by atoms with E-state index < -0.39 is 11.7 Å². The molecule has 0 aliphatic carbocycles. The number of piperidine rings is 1. The molecule has 7 heteroatoms. The first-order valence-electron chi connectivity index (χ1n) is 8.38. The molecule has 2 aromatic rings. The van der Waals surface area contributed by atoms with Gasteiger partial charge in [0.2, 0.25) is 0 Å². The van der Waals surface area contributed by atoms with Crippen LogP contribution in [-0.4, -0.2) is 25.0 Å². The molecule has 4 nitrogen and oxygen atoms in total. The van der Waals surface area contributed by atoms with E-state index in [0.717, 1.165) is 38.1 Å². The summed E-state index contributed by atoms with van der Waals surface area (Å²) in [5.74, 6) is 0.157. The van der Waals surface area contributed by atoms with Crippen LogP contribution in [0.3, 0.4) is 0 Å². The summed E-state index contributed by atoms with van der Waals surface area (Å²) >= 11 is 0. The van der Waals surface area contributed by atoms with Gasteiger partial charge in [-0.3, -0.25) is 4.79 Å². The molecule has 0 spiro atoms. The largest absolute Gasteiger partial charge is 0.457 e. The van der Waals surface area contributed by atoms with Crippen LogP contribution in [-0.2, 0) is 6.18 Å². The lowest BCUT2D eigenvalue weighted by Crippen LogP contribution is -2.42. The average Bonchev–Trinajstić information content (AvgIpc) is 2.62. The number of halogens is 3. The van der Waals surface area contributed by atoms with Gasteiger partial charge in [0.15, 0.2) is 0 Å². The Morgan fingerprint density at radius 3 is 2.38 bits per heavy atom. The lowest BCUT2D eigenvalue weighted by molar-refractivity contribution is -0.137. The quantitative estimate of drug-likeness (QED) is 0.863. The van der Waals surface area contributed by atoms with Gasteiger partial charge in [0.05, 0.1) is 5.56 Å². The van der Waals surface area contributed by atoms with E-state index in [2.05, 4.69) is 10.6 Å². The Labute approximate surface area is 149 Å². The number of hydrogen-bond acceptors (Lipinski definition) is 3. The summed E-state index contributed by atoms with van der Waals surface area (Å²) in [4.78, 5) is 12.4. The highest BCUT2D eigenvalue weighted by Gasteiger charge is 2.30. The van der Waals surface area contributed by atoms with Gasteiger partial charge in [-0.05, 0) is 62.3 Å². The number of hydrogen-bond donors (Lipinski definition) is 2. The fourth-order valence-corrected chi connectivity index (χ4v) is 2.81. The summed E-state index contributed by atoms with van der Waals surface area (Å²) in [6, 6.07) is 11.2. The molecule has 3 rings (SSSR count). The zero-order valence-electron chi connectivity index (χ0n) is 14.0. The first-order chi connectivity index (χ1) is 12.4. The molecule has 1 amide bonds. The number of alkyl halides is 3. The van der Waals surface area contributed by atoms with E-state index in [1.165, 1.54) is 18.2 Å². The summed E-state index contributed by atoms with van der Waals surface area (Å²) in [6.45, 7) is 1.73. The molecule has 1 aliphatic rings. The molecular formula is C19H19F3N2O2. The fraction of sp³-hybridized carbons (Fsp3) is 0.316. The molecule has 0 bridgehead atoms. The fourth-order valence-electron chi connectivity index (χ4n) is 2.81. The van der Waals surface area contributed by atoms with E-state index >= 15 is 0 Å². The van der Waals surface area contributed by atoms with Gasteiger partial charge in [0.1, 0.15) is 11.5 Å². The second-order valence-corrected chi connectivity index (χ2v) is 6.15. The van der Waals surface area contributed by atoms with Crippen molar-refractivity contribution in [1.29, 1.82) is 0 Å². The van der Waals surface area contributed by atoms with Crippen molar-refractivity contribution in [3.63, 3.8) is 0 Å². The number of rotatable bonds is 4. The number of carbonyl (C=O) groups excluding carboxylic acids is 1. The van der Waals surface area contributed by atoms with Gasteiger partial charge in [0.25, 0.3) is 5.91 Å². The standard InChI is InChI=1S/C19H19F3N2O2/c20-19(21,22)14-4-2-6-17(12-14)26-16-5-1-3-13(11-16)18(25)24-15-7-9-23-10-8-15/h1-6,11-12,15,23H,7-10H2,(H,24,25). The third-order valence-electron chi connectivity index (χ3n) is 4.17. The Morgan fingerprint density at radius 1 is 1.04 bits per heavy atom. The number of ether oxygens (including phenoxy) is 1. The average molecular weight is 364 g/mol. The van der Waals surface area contributed by atoms with Crippen molar-refractivity contribution in [1.82, 2.24) is 10.6 Å². The Bertz CT molecular complexity index is 771. The third kappa shape index (κ3) is 4.76. The molecule has 0 saturated carbocycles. The summed E-state index contributed by atoms with van der Waals surface area (Å²) in [6.07, 6.45) is -2.70. The van der Waals surface area contributed by atoms with Crippen molar-refractivity contribution in [3.05, 3.63) is 59.7 Å². The van der Waals surface area contributed by atoms with Crippen molar-refractivity contribution >= 4 is 5.91 Å². The maximum absolute atomic E-state index is 12.8. The van der Waals surface area contributed by atoms with Crippen LogP contribution in [0.25, 0.3) is 0 Å². The molecule has 1 aliphatic heterocycles. The summed E-state index contributed by atoms with van der Waals surface area (Å²) in [5.41, 5.74) is -0.372. The van der Waals surface area contributed by atoms with E-state index in [1.54, 1.807) is 18.2 Å². The maximum atomic E-state index is 12.8. The Morgan fingerprint density at radius 2 is 1.69 bits per heavy atom. The molecule has 138 valence electrons. The normalized spacial score (nSPS) is 15.5. The monoisotopic (exact) mass is 364 g/mol. The zero-order chi connectivity index (χ0) is 18.6. The molecule has 1 saturated heterocycles. The Balaban J connectivity index is 1.70. The van der Waals surface area contributed by atoms with E-state index in [4.69, 9.17) is 4.74 Å². The van der Waals surface area contributed by atoms with E-state index in [-0.39, 0.29) is 17.7 Å². The minimum absolute atomic E-state index is 0.0655. The van der Waals surface area contributed by atoms with Gasteiger partial charge in [-0.1, -0.05) is 12.1 Å². The highest BCUT2D eigenvalue weighted by molar-refractivity contribution is 5.94. The van der Waals surface area contributed by atoms with Gasteiger partial charge in [-0.2, -0.15) is 13.2 Å². The minimum atomic E-state index is -4.43. The Hall–Kier alpha value is -2.54. The smallest absolute Gasteiger partial charge is 0.416 e. The van der Waals surface area contributed by atoms with E-state index in [1.807, 2.05) is 0 Å². The molecule has 26 heavy (non-hydrogen) atoms. The van der Waals surface area contributed by atoms with Gasteiger partial charge >= 0.3 is 6.18 Å². The molecule has 0 unspecified atom stereocenters. The number of carbonyl (C=O) groups is 1. The number of amides is 1. The van der Waals surface area contributed by atoms with Crippen LogP contribution >= 0.6 is 0 Å². The zero-order valence-corrected chi connectivity index (χ0v) is 14.0. The molecule has 2 N–H and O–H groups in total. The number of nitrogens with one attached hydrogen (secondary N) is 2. The first kappa shape index (κ1) is 18.3. The van der Waals surface area contributed by atoms with Crippen LogP contribution < -0.4 is 15.4 Å². The van der Waals surface area contributed by atoms with Gasteiger partial charge < -0.3 is 15.4 Å². The van der Waals surface area contributed by atoms with E-state index in [0.29, 0.717) is 11.3 Å². The highest BCUT2D eigenvalue weighted by atomic mass is 19.4.